The number of carbonyl (C=O) groups is 1. The molecule has 0 bridgehead atoms. The maximum Gasteiger partial charge on any atom is 0.339 e. The zero-order valence-corrected chi connectivity index (χ0v) is 15.8. The van der Waals surface area contributed by atoms with Gasteiger partial charge in [-0.15, -0.1) is 4.40 Å². The Labute approximate surface area is 165 Å². The summed E-state index contributed by atoms with van der Waals surface area (Å²) in [4.78, 5) is 24.6. The van der Waals surface area contributed by atoms with E-state index < -0.39 is 20.9 Å². The van der Waals surface area contributed by atoms with Gasteiger partial charge in [-0.1, -0.05) is 0 Å². The average molecular weight is 421 g/mol. The highest BCUT2D eigenvalue weighted by molar-refractivity contribution is 7.90. The number of ether oxygens (including phenoxy) is 3. The fourth-order valence-corrected chi connectivity index (χ4v) is 4.01. The van der Waals surface area contributed by atoms with E-state index >= 15 is 0 Å². The van der Waals surface area contributed by atoms with E-state index in [0.29, 0.717) is 16.9 Å². The van der Waals surface area contributed by atoms with Crippen molar-refractivity contribution in [1.82, 2.24) is 4.90 Å². The van der Waals surface area contributed by atoms with Crippen molar-refractivity contribution < 1.29 is 32.3 Å². The lowest BCUT2D eigenvalue weighted by atomic mass is 10.1. The van der Waals surface area contributed by atoms with Crippen LogP contribution in [0.3, 0.4) is 0 Å². The number of esters is 1. The van der Waals surface area contributed by atoms with Gasteiger partial charge in [0.1, 0.15) is 18.2 Å². The number of hydrogen-bond donors (Lipinski definition) is 0. The standard InChI is InChI=1S/C17H15N3O8S/c21-17(11-1-2-15-18-29(24,25)4-3-19(15)7-11)27-9-13-6-14(20(22)23)5-12-8-26-10-28-16(12)13/h1-2,5-7H,3-4,8-10H2. The van der Waals surface area contributed by atoms with Gasteiger partial charge >= 0.3 is 5.97 Å². The molecule has 0 fully saturated rings. The van der Waals surface area contributed by atoms with Crippen molar-refractivity contribution in [2.75, 3.05) is 19.1 Å². The molecule has 3 aliphatic rings. The van der Waals surface area contributed by atoms with Crippen molar-refractivity contribution in [2.45, 2.75) is 13.2 Å². The first-order chi connectivity index (χ1) is 13.8. The topological polar surface area (TPSA) is 138 Å². The molecule has 0 aromatic heterocycles. The van der Waals surface area contributed by atoms with Crippen LogP contribution in [-0.4, -0.2) is 49.1 Å². The smallest absolute Gasteiger partial charge is 0.339 e. The second kappa shape index (κ2) is 7.29. The Morgan fingerprint density at radius 1 is 1.34 bits per heavy atom. The molecule has 1 aromatic rings. The lowest BCUT2D eigenvalue weighted by Crippen LogP contribution is -2.37. The molecule has 4 rings (SSSR count). The van der Waals surface area contributed by atoms with Crippen LogP contribution < -0.4 is 4.74 Å². The molecular formula is C17H15N3O8S. The van der Waals surface area contributed by atoms with Crippen molar-refractivity contribution >= 4 is 27.5 Å². The molecule has 0 radical (unpaired) electrons. The van der Waals surface area contributed by atoms with E-state index in [-0.39, 0.29) is 49.4 Å². The molecule has 0 amide bonds. The molecule has 0 saturated heterocycles. The molecule has 29 heavy (non-hydrogen) atoms. The molecule has 11 nitrogen and oxygen atoms in total. The maximum absolute atomic E-state index is 12.4. The van der Waals surface area contributed by atoms with Crippen LogP contribution >= 0.6 is 0 Å². The van der Waals surface area contributed by atoms with E-state index in [1.807, 2.05) is 0 Å². The number of non-ortho nitro benzene ring substituents is 1. The normalized spacial score (nSPS) is 19.2. The van der Waals surface area contributed by atoms with Gasteiger partial charge < -0.3 is 19.1 Å². The molecule has 0 unspecified atom stereocenters. The number of rotatable bonds is 4. The summed E-state index contributed by atoms with van der Waals surface area (Å²) in [7, 11) is -3.49. The van der Waals surface area contributed by atoms with Crippen LogP contribution in [0.25, 0.3) is 0 Å². The minimum atomic E-state index is -3.49. The molecule has 0 aliphatic carbocycles. The highest BCUT2D eigenvalue weighted by atomic mass is 32.2. The Bertz CT molecular complexity index is 1090. The van der Waals surface area contributed by atoms with Crippen molar-refractivity contribution in [2.24, 2.45) is 4.40 Å². The predicted octanol–water partition coefficient (Wildman–Crippen LogP) is 1.00. The number of benzene rings is 1. The monoisotopic (exact) mass is 421 g/mol. The Balaban J connectivity index is 1.51. The van der Waals surface area contributed by atoms with Crippen molar-refractivity contribution in [3.8, 4) is 5.75 Å². The summed E-state index contributed by atoms with van der Waals surface area (Å²) in [5.41, 5.74) is 0.907. The summed E-state index contributed by atoms with van der Waals surface area (Å²) in [5.74, 6) is -0.184. The second-order valence-corrected chi connectivity index (χ2v) is 8.14. The number of fused-ring (bicyclic) bond motifs is 2. The van der Waals surface area contributed by atoms with Crippen molar-refractivity contribution in [3.05, 3.63) is 57.3 Å². The molecule has 152 valence electrons. The van der Waals surface area contributed by atoms with Gasteiger partial charge in [0.15, 0.2) is 6.79 Å². The van der Waals surface area contributed by atoms with E-state index in [4.69, 9.17) is 14.2 Å². The SMILES string of the molecule is O=C(OCc1cc([N+](=O)[O-])cc2c1OCOC2)C1=CN2CCS(=O)(=O)N=C2C=C1. The predicted molar refractivity (Wildman–Crippen MR) is 98.3 cm³/mol. The van der Waals surface area contributed by atoms with Crippen molar-refractivity contribution in [3.63, 3.8) is 0 Å². The fraction of sp³-hybridized carbons (Fsp3) is 0.294. The number of hydrogen-bond acceptors (Lipinski definition) is 9. The van der Waals surface area contributed by atoms with Gasteiger partial charge in [-0.2, -0.15) is 0 Å². The molecule has 0 atom stereocenters. The number of nitrogens with zero attached hydrogens (tertiary/aromatic N) is 3. The highest BCUT2D eigenvalue weighted by Gasteiger charge is 2.26. The summed E-state index contributed by atoms with van der Waals surface area (Å²) in [5, 5.41) is 11.1. The Hall–Kier alpha value is -3.25. The summed E-state index contributed by atoms with van der Waals surface area (Å²) < 4.78 is 42.6. The molecule has 0 saturated carbocycles. The van der Waals surface area contributed by atoms with Crippen LogP contribution in [0.5, 0.6) is 5.75 Å². The summed E-state index contributed by atoms with van der Waals surface area (Å²) in [6, 6.07) is 2.65. The molecule has 12 heteroatoms. The molecule has 3 aliphatic heterocycles. The molecule has 3 heterocycles. The minimum Gasteiger partial charge on any atom is -0.467 e. The van der Waals surface area contributed by atoms with E-state index in [1.165, 1.54) is 30.5 Å². The van der Waals surface area contributed by atoms with Crippen LogP contribution in [-0.2, 0) is 37.5 Å². The van der Waals surface area contributed by atoms with Crippen LogP contribution in [0.1, 0.15) is 11.1 Å². The minimum absolute atomic E-state index is 0.000370. The number of nitro benzene ring substituents is 1. The summed E-state index contributed by atoms with van der Waals surface area (Å²) in [6.07, 6.45) is 4.29. The first-order valence-electron chi connectivity index (χ1n) is 8.49. The van der Waals surface area contributed by atoms with Gasteiger partial charge in [0.05, 0.1) is 22.9 Å². The number of amidine groups is 1. The number of carbonyl (C=O) groups excluding carboxylic acids is 1. The Morgan fingerprint density at radius 2 is 2.17 bits per heavy atom. The molecular weight excluding hydrogens is 406 g/mol. The van der Waals surface area contributed by atoms with E-state index in [0.717, 1.165) is 0 Å². The quantitative estimate of drug-likeness (QED) is 0.396. The van der Waals surface area contributed by atoms with Gasteiger partial charge in [-0.05, 0) is 12.2 Å². The van der Waals surface area contributed by atoms with Gasteiger partial charge in [0, 0.05) is 36.0 Å². The molecule has 1 aromatic carbocycles. The van der Waals surface area contributed by atoms with Crippen LogP contribution in [0, 0.1) is 10.1 Å². The lowest BCUT2D eigenvalue weighted by molar-refractivity contribution is -0.385. The fourth-order valence-electron chi connectivity index (χ4n) is 3.04. The highest BCUT2D eigenvalue weighted by Crippen LogP contribution is 2.33. The Morgan fingerprint density at radius 3 is 2.97 bits per heavy atom. The average Bonchev–Trinajstić information content (AvgIpc) is 2.70. The molecule has 0 spiro atoms. The third-order valence-corrected chi connectivity index (χ3v) is 5.56. The zero-order chi connectivity index (χ0) is 20.6. The Kier molecular flexibility index (Phi) is 4.80. The van der Waals surface area contributed by atoms with Crippen molar-refractivity contribution in [1.29, 1.82) is 0 Å². The zero-order valence-electron chi connectivity index (χ0n) is 14.9. The third-order valence-electron chi connectivity index (χ3n) is 4.40. The third kappa shape index (κ3) is 3.98. The maximum atomic E-state index is 12.4. The van der Waals surface area contributed by atoms with Crippen LogP contribution in [0.15, 0.2) is 40.5 Å². The largest absolute Gasteiger partial charge is 0.467 e. The van der Waals surface area contributed by atoms with E-state index in [9.17, 15) is 23.3 Å². The number of sulfonamides is 1. The van der Waals surface area contributed by atoms with Gasteiger partial charge in [0.2, 0.25) is 0 Å². The summed E-state index contributed by atoms with van der Waals surface area (Å²) >= 11 is 0. The van der Waals surface area contributed by atoms with Crippen LogP contribution in [0.4, 0.5) is 5.69 Å². The van der Waals surface area contributed by atoms with E-state index in [2.05, 4.69) is 4.40 Å². The van der Waals surface area contributed by atoms with E-state index in [1.54, 1.807) is 4.90 Å². The first kappa shape index (κ1) is 19.1. The van der Waals surface area contributed by atoms with Gasteiger partial charge in [0.25, 0.3) is 15.7 Å². The summed E-state index contributed by atoms with van der Waals surface area (Å²) in [6.45, 7) is 0.101. The second-order valence-electron chi connectivity index (χ2n) is 6.38. The van der Waals surface area contributed by atoms with Gasteiger partial charge in [-0.3, -0.25) is 10.1 Å². The van der Waals surface area contributed by atoms with Crippen LogP contribution in [0.2, 0.25) is 0 Å². The lowest BCUT2D eigenvalue weighted by Gasteiger charge is -2.26. The molecule has 0 N–H and O–H groups in total. The first-order valence-corrected chi connectivity index (χ1v) is 10.1. The van der Waals surface area contributed by atoms with Gasteiger partial charge in [-0.25, -0.2) is 13.2 Å². The number of nitro groups is 1.